The Morgan fingerprint density at radius 2 is 2.10 bits per heavy atom. The Bertz CT molecular complexity index is 1150. The predicted molar refractivity (Wildman–Crippen MR) is 125 cm³/mol. The summed E-state index contributed by atoms with van der Waals surface area (Å²) in [5, 5.41) is 5.12. The van der Waals surface area contributed by atoms with E-state index in [-0.39, 0.29) is 5.56 Å². The summed E-state index contributed by atoms with van der Waals surface area (Å²) in [5.41, 5.74) is 1.86. The minimum atomic E-state index is -0.109. The van der Waals surface area contributed by atoms with Gasteiger partial charge in [-0.15, -0.1) is 11.3 Å². The fraction of sp³-hybridized carbons (Fsp3) is 0.409. The molecule has 1 aliphatic rings. The van der Waals surface area contributed by atoms with Crippen molar-refractivity contribution in [2.45, 2.75) is 46.0 Å². The maximum absolute atomic E-state index is 13.1. The summed E-state index contributed by atoms with van der Waals surface area (Å²) in [5.74, 6) is 1.33. The van der Waals surface area contributed by atoms with Crippen LogP contribution in [0.2, 0.25) is 0 Å². The fourth-order valence-electron chi connectivity index (χ4n) is 3.62. The molecule has 0 fully saturated rings. The number of aryl methyl sites for hydroxylation is 2. The van der Waals surface area contributed by atoms with E-state index in [0.29, 0.717) is 24.7 Å². The van der Waals surface area contributed by atoms with Crippen molar-refractivity contribution < 1.29 is 9.47 Å². The Kier molecular flexibility index (Phi) is 6.53. The second kappa shape index (κ2) is 9.31. The van der Waals surface area contributed by atoms with E-state index in [1.807, 2.05) is 19.1 Å². The predicted octanol–water partition coefficient (Wildman–Crippen LogP) is 5.17. The lowest BCUT2D eigenvalue weighted by atomic mass is 9.97. The van der Waals surface area contributed by atoms with Gasteiger partial charge >= 0.3 is 0 Å². The van der Waals surface area contributed by atoms with Gasteiger partial charge in [0.2, 0.25) is 0 Å². The van der Waals surface area contributed by atoms with Crippen LogP contribution in [0.15, 0.2) is 32.8 Å². The molecule has 2 aromatic heterocycles. The van der Waals surface area contributed by atoms with Crippen LogP contribution >= 0.6 is 27.3 Å². The van der Waals surface area contributed by atoms with Crippen molar-refractivity contribution in [2.24, 2.45) is 5.10 Å². The van der Waals surface area contributed by atoms with Crippen molar-refractivity contribution in [3.8, 4) is 11.5 Å². The molecule has 1 aromatic carbocycles. The summed E-state index contributed by atoms with van der Waals surface area (Å²) in [6.07, 6.45) is 8.35. The molecule has 3 aromatic rings. The van der Waals surface area contributed by atoms with E-state index in [1.54, 1.807) is 17.6 Å². The highest BCUT2D eigenvalue weighted by molar-refractivity contribution is 9.10. The zero-order valence-corrected chi connectivity index (χ0v) is 19.5. The summed E-state index contributed by atoms with van der Waals surface area (Å²) < 4.78 is 13.7. The Balaban J connectivity index is 1.69. The number of benzene rings is 1. The highest BCUT2D eigenvalue weighted by atomic mass is 79.9. The molecule has 30 heavy (non-hydrogen) atoms. The number of aromatic nitrogens is 2. The maximum Gasteiger partial charge on any atom is 0.282 e. The van der Waals surface area contributed by atoms with E-state index in [4.69, 9.17) is 9.47 Å². The summed E-state index contributed by atoms with van der Waals surface area (Å²) in [6.45, 7) is 5.12. The van der Waals surface area contributed by atoms with Gasteiger partial charge in [0.15, 0.2) is 11.5 Å². The van der Waals surface area contributed by atoms with Gasteiger partial charge in [-0.2, -0.15) is 9.78 Å². The number of ether oxygens (including phenoxy) is 2. The van der Waals surface area contributed by atoms with Gasteiger partial charge in [-0.1, -0.05) is 6.92 Å². The number of rotatable bonds is 7. The van der Waals surface area contributed by atoms with Gasteiger partial charge in [0.25, 0.3) is 5.56 Å². The number of thiophene rings is 1. The normalized spacial score (nSPS) is 13.7. The first kappa shape index (κ1) is 21.1. The number of halogens is 1. The van der Waals surface area contributed by atoms with E-state index >= 15 is 0 Å². The molecule has 0 N–H and O–H groups in total. The molecule has 0 amide bonds. The molecular weight excluding hydrogens is 466 g/mol. The molecule has 4 rings (SSSR count). The highest BCUT2D eigenvalue weighted by Crippen LogP contribution is 2.37. The van der Waals surface area contributed by atoms with Gasteiger partial charge in [-0.25, -0.2) is 4.98 Å². The van der Waals surface area contributed by atoms with Crippen molar-refractivity contribution >= 4 is 43.7 Å². The minimum Gasteiger partial charge on any atom is -0.490 e. The van der Waals surface area contributed by atoms with Crippen LogP contribution in [0.25, 0.3) is 10.2 Å². The van der Waals surface area contributed by atoms with Crippen molar-refractivity contribution in [1.29, 1.82) is 0 Å². The van der Waals surface area contributed by atoms with Crippen LogP contribution in [-0.4, -0.2) is 29.1 Å². The van der Waals surface area contributed by atoms with Gasteiger partial charge in [0.05, 0.1) is 29.3 Å². The Hall–Kier alpha value is -2.19. The van der Waals surface area contributed by atoms with Gasteiger partial charge in [-0.05, 0) is 78.2 Å². The first-order valence-corrected chi connectivity index (χ1v) is 11.9. The summed E-state index contributed by atoms with van der Waals surface area (Å²) in [4.78, 5) is 19.7. The minimum absolute atomic E-state index is 0.109. The zero-order chi connectivity index (χ0) is 21.1. The molecule has 1 aliphatic carbocycles. The summed E-state index contributed by atoms with van der Waals surface area (Å²) in [7, 11) is 0. The lowest BCUT2D eigenvalue weighted by molar-refractivity contribution is 0.275. The first-order chi connectivity index (χ1) is 14.6. The van der Waals surface area contributed by atoms with Crippen molar-refractivity contribution in [3.63, 3.8) is 0 Å². The molecule has 0 saturated heterocycles. The van der Waals surface area contributed by atoms with Crippen molar-refractivity contribution in [2.75, 3.05) is 13.2 Å². The van der Waals surface area contributed by atoms with E-state index in [0.717, 1.165) is 45.9 Å². The molecule has 8 heteroatoms. The molecule has 0 atom stereocenters. The van der Waals surface area contributed by atoms with Crippen molar-refractivity contribution in [3.05, 3.63) is 49.3 Å². The first-order valence-electron chi connectivity index (χ1n) is 10.3. The maximum atomic E-state index is 13.1. The molecule has 0 aliphatic heterocycles. The number of nitrogens with zero attached hydrogens (tertiary/aromatic N) is 3. The Labute approximate surface area is 187 Å². The van der Waals surface area contributed by atoms with Gasteiger partial charge in [0, 0.05) is 4.88 Å². The number of hydrogen-bond acceptors (Lipinski definition) is 6. The van der Waals surface area contributed by atoms with Gasteiger partial charge in [-0.3, -0.25) is 4.79 Å². The second-order valence-electron chi connectivity index (χ2n) is 7.14. The topological polar surface area (TPSA) is 65.7 Å². The average Bonchev–Trinajstić information content (AvgIpc) is 3.12. The SMILES string of the molecule is CCCOc1c(Br)cc(/C=N/n2cnc3sc4c(c3c2=O)CCCC4)cc1OCC. The second-order valence-corrected chi connectivity index (χ2v) is 9.08. The highest BCUT2D eigenvalue weighted by Gasteiger charge is 2.20. The summed E-state index contributed by atoms with van der Waals surface area (Å²) >= 11 is 5.20. The van der Waals surface area contributed by atoms with Crippen LogP contribution in [-0.2, 0) is 12.8 Å². The van der Waals surface area contributed by atoms with Gasteiger partial charge < -0.3 is 9.47 Å². The average molecular weight is 490 g/mol. The number of fused-ring (bicyclic) bond motifs is 3. The fourth-order valence-corrected chi connectivity index (χ4v) is 5.41. The van der Waals surface area contributed by atoms with E-state index in [1.165, 1.54) is 27.9 Å². The van der Waals surface area contributed by atoms with Crippen LogP contribution in [0.3, 0.4) is 0 Å². The van der Waals surface area contributed by atoms with Gasteiger partial charge in [0.1, 0.15) is 11.2 Å². The quantitative estimate of drug-likeness (QED) is 0.429. The third-order valence-corrected chi connectivity index (χ3v) is 6.76. The molecule has 0 spiro atoms. The molecular formula is C22H24BrN3O3S. The Morgan fingerprint density at radius 3 is 2.90 bits per heavy atom. The molecule has 0 radical (unpaired) electrons. The molecule has 158 valence electrons. The molecule has 0 saturated carbocycles. The smallest absolute Gasteiger partial charge is 0.282 e. The zero-order valence-electron chi connectivity index (χ0n) is 17.1. The van der Waals surface area contributed by atoms with E-state index in [9.17, 15) is 4.79 Å². The van der Waals surface area contributed by atoms with E-state index < -0.39 is 0 Å². The number of hydrogen-bond donors (Lipinski definition) is 0. The lowest BCUT2D eigenvalue weighted by Gasteiger charge is -2.14. The van der Waals surface area contributed by atoms with Crippen LogP contribution in [0, 0.1) is 0 Å². The third-order valence-electron chi connectivity index (χ3n) is 4.97. The monoisotopic (exact) mass is 489 g/mol. The molecule has 0 unspecified atom stereocenters. The molecule has 0 bridgehead atoms. The van der Waals surface area contributed by atoms with E-state index in [2.05, 4.69) is 32.9 Å². The van der Waals surface area contributed by atoms with Crippen LogP contribution < -0.4 is 15.0 Å². The lowest BCUT2D eigenvalue weighted by Crippen LogP contribution is -2.18. The third kappa shape index (κ3) is 4.16. The molecule has 6 nitrogen and oxygen atoms in total. The van der Waals surface area contributed by atoms with Crippen molar-refractivity contribution in [1.82, 2.24) is 9.66 Å². The van der Waals surface area contributed by atoms with Crippen LogP contribution in [0.4, 0.5) is 0 Å². The Morgan fingerprint density at radius 1 is 1.27 bits per heavy atom. The largest absolute Gasteiger partial charge is 0.490 e. The van der Waals surface area contributed by atoms with Crippen LogP contribution in [0.1, 0.15) is 49.1 Å². The standard InChI is InChI=1S/C22H24BrN3O3S/c1-3-9-29-20-16(23)10-14(11-17(20)28-4-2)12-25-26-13-24-21-19(22(26)27)15-7-5-6-8-18(15)30-21/h10-13H,3-9H2,1-2H3/b25-12+. The van der Waals surface area contributed by atoms with Crippen LogP contribution in [0.5, 0.6) is 11.5 Å². The molecule has 2 heterocycles. The summed E-state index contributed by atoms with van der Waals surface area (Å²) in [6, 6.07) is 3.77.